The zero-order valence-electron chi connectivity index (χ0n) is 12.0. The minimum Gasteiger partial charge on any atom is -0.398 e. The van der Waals surface area contributed by atoms with Crippen molar-refractivity contribution in [3.05, 3.63) is 35.4 Å². The molecule has 1 heterocycles. The van der Waals surface area contributed by atoms with Crippen LogP contribution in [0.4, 0.5) is 15.8 Å². The lowest BCUT2D eigenvalue weighted by Gasteiger charge is -2.10. The maximum Gasteiger partial charge on any atom is 0.265 e. The molecule has 0 atom stereocenters. The van der Waals surface area contributed by atoms with Crippen molar-refractivity contribution in [1.82, 2.24) is 9.78 Å². The van der Waals surface area contributed by atoms with E-state index in [4.69, 9.17) is 5.73 Å². The zero-order valence-corrected chi connectivity index (χ0v) is 12.8. The van der Waals surface area contributed by atoms with E-state index in [1.54, 1.807) is 14.0 Å². The Bertz CT molecular complexity index is 784. The molecule has 0 aliphatic rings. The molecule has 2 rings (SSSR count). The number of aromatic nitrogens is 2. The molecule has 114 valence electrons. The van der Waals surface area contributed by atoms with Gasteiger partial charge in [0.2, 0.25) is 0 Å². The van der Waals surface area contributed by atoms with Gasteiger partial charge in [0, 0.05) is 18.9 Å². The third-order valence-corrected chi connectivity index (χ3v) is 4.48. The summed E-state index contributed by atoms with van der Waals surface area (Å²) in [5, 5.41) is 4.13. The maximum absolute atomic E-state index is 13.9. The van der Waals surface area contributed by atoms with Crippen molar-refractivity contribution in [2.75, 3.05) is 10.5 Å². The fourth-order valence-electron chi connectivity index (χ4n) is 1.96. The number of hydrogen-bond donors (Lipinski definition) is 2. The van der Waals surface area contributed by atoms with Crippen molar-refractivity contribution in [2.45, 2.75) is 25.2 Å². The minimum absolute atomic E-state index is 0.221. The molecule has 0 radical (unpaired) electrons. The van der Waals surface area contributed by atoms with Gasteiger partial charge in [0.25, 0.3) is 10.0 Å². The Labute approximate surface area is 122 Å². The van der Waals surface area contributed by atoms with Crippen LogP contribution < -0.4 is 10.5 Å². The van der Waals surface area contributed by atoms with E-state index in [1.165, 1.54) is 10.9 Å². The Morgan fingerprint density at radius 2 is 2.10 bits per heavy atom. The van der Waals surface area contributed by atoms with E-state index in [0.29, 0.717) is 23.4 Å². The second kappa shape index (κ2) is 5.36. The molecule has 0 saturated heterocycles. The highest BCUT2D eigenvalue weighted by atomic mass is 32.2. The van der Waals surface area contributed by atoms with Crippen LogP contribution in [-0.2, 0) is 23.5 Å². The predicted molar refractivity (Wildman–Crippen MR) is 78.9 cm³/mol. The first-order chi connectivity index (χ1) is 9.74. The van der Waals surface area contributed by atoms with E-state index in [2.05, 4.69) is 9.82 Å². The number of hydrogen-bond acceptors (Lipinski definition) is 4. The molecule has 3 N–H and O–H groups in total. The molecule has 2 aromatic rings. The van der Waals surface area contributed by atoms with Crippen molar-refractivity contribution in [3.63, 3.8) is 0 Å². The molecule has 1 aromatic heterocycles. The smallest absolute Gasteiger partial charge is 0.265 e. The molecule has 0 amide bonds. The molecular formula is C13H17FN4O2S. The molecule has 8 heteroatoms. The number of nitrogens with one attached hydrogen (secondary N) is 1. The molecule has 1 aromatic carbocycles. The van der Waals surface area contributed by atoms with Gasteiger partial charge in [0.05, 0.1) is 11.4 Å². The average molecular weight is 312 g/mol. The Hall–Kier alpha value is -2.09. The van der Waals surface area contributed by atoms with Gasteiger partial charge in [0.15, 0.2) is 0 Å². The number of nitrogen functional groups attached to an aromatic ring is 1. The van der Waals surface area contributed by atoms with Gasteiger partial charge in [-0.25, -0.2) is 12.8 Å². The number of aryl methyl sites for hydroxylation is 3. The van der Waals surface area contributed by atoms with Gasteiger partial charge < -0.3 is 5.73 Å². The van der Waals surface area contributed by atoms with Gasteiger partial charge in [-0.2, -0.15) is 5.10 Å². The monoisotopic (exact) mass is 312 g/mol. The Kier molecular flexibility index (Phi) is 3.91. The van der Waals surface area contributed by atoms with Crippen LogP contribution in [0.3, 0.4) is 0 Å². The van der Waals surface area contributed by atoms with Crippen LogP contribution in [0.15, 0.2) is 23.2 Å². The van der Waals surface area contributed by atoms with Crippen LogP contribution in [0.25, 0.3) is 0 Å². The molecule has 21 heavy (non-hydrogen) atoms. The predicted octanol–water partition coefficient (Wildman–Crippen LogP) is 1.81. The Balaban J connectivity index is 2.45. The summed E-state index contributed by atoms with van der Waals surface area (Å²) in [5.41, 5.74) is 7.29. The van der Waals surface area contributed by atoms with Crippen molar-refractivity contribution in [3.8, 4) is 0 Å². The molecule has 0 fully saturated rings. The highest BCUT2D eigenvalue weighted by molar-refractivity contribution is 7.92. The van der Waals surface area contributed by atoms with E-state index < -0.39 is 20.7 Å². The molecule has 0 saturated carbocycles. The van der Waals surface area contributed by atoms with E-state index in [1.807, 2.05) is 6.92 Å². The van der Waals surface area contributed by atoms with E-state index in [-0.39, 0.29) is 5.69 Å². The first-order valence-electron chi connectivity index (χ1n) is 6.35. The SMILES string of the molecule is CCc1nn(C)cc1NS(=O)(=O)c1cc(N)c(C)cc1F. The standard InChI is InChI=1S/C13H17FN4O2S/c1-4-11-12(7-18(3)16-11)17-21(19,20)13-6-10(15)8(2)5-9(13)14/h5-7,17H,4,15H2,1-3H3. The average Bonchev–Trinajstić information content (AvgIpc) is 2.72. The van der Waals surface area contributed by atoms with Crippen molar-refractivity contribution < 1.29 is 12.8 Å². The van der Waals surface area contributed by atoms with Gasteiger partial charge in [-0.05, 0) is 31.0 Å². The fourth-order valence-corrected chi connectivity index (χ4v) is 3.12. The Morgan fingerprint density at radius 1 is 1.43 bits per heavy atom. The number of anilines is 2. The summed E-state index contributed by atoms with van der Waals surface area (Å²) in [5.74, 6) is -0.837. The lowest BCUT2D eigenvalue weighted by molar-refractivity contribution is 0.570. The topological polar surface area (TPSA) is 90.0 Å². The van der Waals surface area contributed by atoms with Gasteiger partial charge in [-0.1, -0.05) is 6.92 Å². The normalized spacial score (nSPS) is 11.6. The molecular weight excluding hydrogens is 295 g/mol. The summed E-state index contributed by atoms with van der Waals surface area (Å²) in [7, 11) is -2.38. The van der Waals surface area contributed by atoms with E-state index in [9.17, 15) is 12.8 Å². The summed E-state index contributed by atoms with van der Waals surface area (Å²) >= 11 is 0. The molecule has 6 nitrogen and oxygen atoms in total. The van der Waals surface area contributed by atoms with Crippen LogP contribution in [0.2, 0.25) is 0 Å². The number of benzene rings is 1. The van der Waals surface area contributed by atoms with E-state index >= 15 is 0 Å². The zero-order chi connectivity index (χ0) is 15.8. The molecule has 0 aliphatic carbocycles. The van der Waals surface area contributed by atoms with Crippen molar-refractivity contribution in [1.29, 1.82) is 0 Å². The van der Waals surface area contributed by atoms with Gasteiger partial charge in [-0.3, -0.25) is 9.40 Å². The number of nitrogens with zero attached hydrogens (tertiary/aromatic N) is 2. The summed E-state index contributed by atoms with van der Waals surface area (Å²) in [6, 6.07) is 2.23. The quantitative estimate of drug-likeness (QED) is 0.843. The molecule has 0 aliphatic heterocycles. The lowest BCUT2D eigenvalue weighted by Crippen LogP contribution is -2.16. The number of nitrogens with two attached hydrogens (primary N) is 1. The first-order valence-corrected chi connectivity index (χ1v) is 7.84. The van der Waals surface area contributed by atoms with Crippen LogP contribution in [0.5, 0.6) is 0 Å². The second-order valence-corrected chi connectivity index (χ2v) is 6.41. The van der Waals surface area contributed by atoms with Crippen molar-refractivity contribution >= 4 is 21.4 Å². The summed E-state index contributed by atoms with van der Waals surface area (Å²) in [4.78, 5) is -0.475. The van der Waals surface area contributed by atoms with Gasteiger partial charge >= 0.3 is 0 Å². The number of halogens is 1. The fraction of sp³-hybridized carbons (Fsp3) is 0.308. The number of sulfonamides is 1. The van der Waals surface area contributed by atoms with Gasteiger partial charge in [0.1, 0.15) is 10.7 Å². The lowest BCUT2D eigenvalue weighted by atomic mass is 10.2. The van der Waals surface area contributed by atoms with Gasteiger partial charge in [-0.15, -0.1) is 0 Å². The third-order valence-electron chi connectivity index (χ3n) is 3.09. The van der Waals surface area contributed by atoms with Crippen LogP contribution in [-0.4, -0.2) is 18.2 Å². The molecule has 0 bridgehead atoms. The summed E-state index contributed by atoms with van der Waals surface area (Å²) in [6.45, 7) is 3.46. The highest BCUT2D eigenvalue weighted by Crippen LogP contribution is 2.25. The molecule has 0 spiro atoms. The number of rotatable bonds is 4. The van der Waals surface area contributed by atoms with Crippen molar-refractivity contribution in [2.24, 2.45) is 7.05 Å². The molecule has 0 unspecified atom stereocenters. The highest BCUT2D eigenvalue weighted by Gasteiger charge is 2.22. The first kappa shape index (κ1) is 15.3. The third kappa shape index (κ3) is 2.99. The summed E-state index contributed by atoms with van der Waals surface area (Å²) < 4.78 is 42.4. The van der Waals surface area contributed by atoms with Crippen LogP contribution in [0.1, 0.15) is 18.2 Å². The maximum atomic E-state index is 13.9. The van der Waals surface area contributed by atoms with E-state index in [0.717, 1.165) is 12.1 Å². The Morgan fingerprint density at radius 3 is 2.71 bits per heavy atom. The minimum atomic E-state index is -4.06. The van der Waals surface area contributed by atoms with Crippen LogP contribution in [0, 0.1) is 12.7 Å². The largest absolute Gasteiger partial charge is 0.398 e. The second-order valence-electron chi connectivity index (χ2n) is 4.76. The summed E-state index contributed by atoms with van der Waals surface area (Å²) in [6.07, 6.45) is 2.09. The van der Waals surface area contributed by atoms with Crippen LogP contribution >= 0.6 is 0 Å².